The third kappa shape index (κ3) is 5.95. The maximum Gasteiger partial charge on any atom is 0.161 e. The zero-order valence-electron chi connectivity index (χ0n) is 17.1. The van der Waals surface area contributed by atoms with E-state index in [-0.39, 0.29) is 12.4 Å². The van der Waals surface area contributed by atoms with Crippen LogP contribution < -0.4 is 14.8 Å². The fourth-order valence-corrected chi connectivity index (χ4v) is 4.67. The first-order valence-corrected chi connectivity index (χ1v) is 10.8. The number of methoxy groups -OCH3 is 2. The van der Waals surface area contributed by atoms with Crippen LogP contribution in [0.15, 0.2) is 17.0 Å². The number of halogens is 1. The molecule has 0 aromatic heterocycles. The van der Waals surface area contributed by atoms with Gasteiger partial charge < -0.3 is 24.8 Å². The van der Waals surface area contributed by atoms with Crippen molar-refractivity contribution >= 4 is 29.9 Å². The van der Waals surface area contributed by atoms with Gasteiger partial charge in [0.15, 0.2) is 11.5 Å². The van der Waals surface area contributed by atoms with Crippen LogP contribution in [-0.4, -0.2) is 62.3 Å². The second-order valence-corrected chi connectivity index (χ2v) is 8.21. The van der Waals surface area contributed by atoms with Crippen molar-refractivity contribution in [3.63, 3.8) is 0 Å². The Morgan fingerprint density at radius 3 is 2.59 bits per heavy atom. The van der Waals surface area contributed by atoms with Crippen molar-refractivity contribution in [2.75, 3.05) is 46.2 Å². The number of nitrogens with one attached hydrogen (secondary N) is 1. The van der Waals surface area contributed by atoms with E-state index in [9.17, 15) is 10.4 Å². The number of thioether (sulfide) groups is 1. The zero-order chi connectivity index (χ0) is 19.9. The highest BCUT2D eigenvalue weighted by atomic mass is 35.5. The molecule has 1 saturated heterocycles. The van der Waals surface area contributed by atoms with Crippen LogP contribution >= 0.6 is 24.2 Å². The highest BCUT2D eigenvalue weighted by Crippen LogP contribution is 2.37. The van der Waals surface area contributed by atoms with Crippen molar-refractivity contribution in [3.05, 3.63) is 28.2 Å². The van der Waals surface area contributed by atoms with Crippen LogP contribution in [0.5, 0.6) is 11.5 Å². The van der Waals surface area contributed by atoms with E-state index in [2.05, 4.69) is 16.3 Å². The second kappa shape index (κ2) is 11.6. The fraction of sp³-hybridized carbons (Fsp3) is 0.571. The van der Waals surface area contributed by atoms with Gasteiger partial charge in [-0.25, -0.2) is 0 Å². The zero-order valence-corrected chi connectivity index (χ0v) is 18.7. The first-order valence-electron chi connectivity index (χ1n) is 9.83. The first-order chi connectivity index (χ1) is 13.7. The largest absolute Gasteiger partial charge is 0.493 e. The molecule has 6 nitrogen and oxygen atoms in total. The summed E-state index contributed by atoms with van der Waals surface area (Å²) >= 11 is 1.42. The second-order valence-electron chi connectivity index (χ2n) is 7.18. The Hall–Kier alpha value is -1.59. The third-order valence-corrected chi connectivity index (χ3v) is 6.38. The Labute approximate surface area is 183 Å². The van der Waals surface area contributed by atoms with Gasteiger partial charge in [-0.2, -0.15) is 5.26 Å². The van der Waals surface area contributed by atoms with E-state index in [1.165, 1.54) is 31.0 Å². The molecule has 160 valence electrons. The lowest BCUT2D eigenvalue weighted by atomic mass is 9.97. The molecule has 2 heterocycles. The van der Waals surface area contributed by atoms with Gasteiger partial charge in [0, 0.05) is 24.4 Å². The van der Waals surface area contributed by atoms with E-state index in [0.29, 0.717) is 28.7 Å². The number of fused-ring (bicyclic) bond motifs is 1. The molecule has 3 rings (SSSR count). The predicted octanol–water partition coefficient (Wildman–Crippen LogP) is 3.04. The first kappa shape index (κ1) is 23.7. The molecule has 2 N–H and O–H groups in total. The number of allylic oxidation sites excluding steroid dienone is 1. The molecule has 0 saturated carbocycles. The van der Waals surface area contributed by atoms with E-state index in [0.717, 1.165) is 42.9 Å². The van der Waals surface area contributed by atoms with Gasteiger partial charge in [0.2, 0.25) is 0 Å². The topological polar surface area (TPSA) is 77.8 Å². The fourth-order valence-electron chi connectivity index (χ4n) is 3.81. The minimum atomic E-state index is -0.444. The molecular weight excluding hydrogens is 410 g/mol. The predicted molar refractivity (Wildman–Crippen MR) is 120 cm³/mol. The smallest absolute Gasteiger partial charge is 0.161 e. The van der Waals surface area contributed by atoms with Crippen LogP contribution in [0.1, 0.15) is 30.4 Å². The van der Waals surface area contributed by atoms with Crippen LogP contribution in [0.2, 0.25) is 0 Å². The van der Waals surface area contributed by atoms with Gasteiger partial charge in [0.1, 0.15) is 11.0 Å². The molecule has 1 atom stereocenters. The van der Waals surface area contributed by atoms with Crippen LogP contribution in [0.25, 0.3) is 5.70 Å². The Balaban J connectivity index is 0.00000300. The van der Waals surface area contributed by atoms with Crippen LogP contribution in [0.3, 0.4) is 0 Å². The number of nitrogens with zero attached hydrogens (tertiary/aromatic N) is 2. The molecule has 29 heavy (non-hydrogen) atoms. The average molecular weight is 440 g/mol. The van der Waals surface area contributed by atoms with Crippen molar-refractivity contribution in [2.24, 2.45) is 0 Å². The molecule has 1 aromatic carbocycles. The van der Waals surface area contributed by atoms with Gasteiger partial charge in [-0.05, 0) is 50.0 Å². The number of likely N-dealkylation sites (tertiary alicyclic amines) is 1. The number of nitriles is 1. The van der Waals surface area contributed by atoms with E-state index >= 15 is 0 Å². The molecule has 2 aliphatic heterocycles. The van der Waals surface area contributed by atoms with Gasteiger partial charge in [-0.15, -0.1) is 24.2 Å². The number of benzene rings is 1. The molecule has 2 aliphatic rings. The Bertz CT molecular complexity index is 760. The summed E-state index contributed by atoms with van der Waals surface area (Å²) in [5.41, 5.74) is 2.92. The lowest BCUT2D eigenvalue weighted by Gasteiger charge is -2.28. The number of aliphatic hydroxyl groups is 1. The van der Waals surface area contributed by atoms with Crippen molar-refractivity contribution in [2.45, 2.75) is 31.8 Å². The summed E-state index contributed by atoms with van der Waals surface area (Å²) in [5, 5.41) is 23.6. The SMILES string of the molecule is COc1cc2c(cc1OC)C(=C(C#N)SCC(O)CN1CCCCC1)NCC2.Cl. The summed E-state index contributed by atoms with van der Waals surface area (Å²) in [6, 6.07) is 6.24. The summed E-state index contributed by atoms with van der Waals surface area (Å²) < 4.78 is 10.8. The maximum absolute atomic E-state index is 10.4. The molecule has 1 unspecified atom stereocenters. The summed E-state index contributed by atoms with van der Waals surface area (Å²) in [6.07, 6.45) is 4.12. The lowest BCUT2D eigenvalue weighted by Crippen LogP contribution is -2.37. The van der Waals surface area contributed by atoms with Gasteiger partial charge in [-0.1, -0.05) is 6.42 Å². The molecule has 0 spiro atoms. The van der Waals surface area contributed by atoms with E-state index < -0.39 is 6.10 Å². The Morgan fingerprint density at radius 2 is 1.93 bits per heavy atom. The molecule has 1 aromatic rings. The van der Waals surface area contributed by atoms with Crippen molar-refractivity contribution in [1.82, 2.24) is 10.2 Å². The number of hydrogen-bond donors (Lipinski definition) is 2. The lowest BCUT2D eigenvalue weighted by molar-refractivity contribution is 0.117. The molecule has 0 amide bonds. The molecule has 8 heteroatoms. The maximum atomic E-state index is 10.4. The quantitative estimate of drug-likeness (QED) is 0.632. The number of ether oxygens (including phenoxy) is 2. The van der Waals surface area contributed by atoms with Gasteiger partial charge in [-0.3, -0.25) is 0 Å². The third-order valence-electron chi connectivity index (χ3n) is 5.24. The standard InChI is InChI=1S/C21H29N3O3S.ClH/c1-26-18-10-15-6-7-23-21(17(15)11-19(18)27-2)20(12-22)28-14-16(25)13-24-8-4-3-5-9-24;/h10-11,16,23,25H,3-9,13-14H2,1-2H3;1H. The van der Waals surface area contributed by atoms with Crippen LogP contribution in [0.4, 0.5) is 0 Å². The Kier molecular flexibility index (Phi) is 9.44. The average Bonchev–Trinajstić information content (AvgIpc) is 2.73. The normalized spacial score (nSPS) is 19.1. The minimum absolute atomic E-state index is 0. The van der Waals surface area contributed by atoms with Crippen molar-refractivity contribution < 1.29 is 14.6 Å². The summed E-state index contributed by atoms with van der Waals surface area (Å²) in [5.74, 6) is 1.85. The number of rotatable bonds is 7. The highest BCUT2D eigenvalue weighted by Gasteiger charge is 2.22. The summed E-state index contributed by atoms with van der Waals surface area (Å²) in [7, 11) is 3.24. The molecule has 1 fully saturated rings. The Morgan fingerprint density at radius 1 is 1.24 bits per heavy atom. The monoisotopic (exact) mass is 439 g/mol. The van der Waals surface area contributed by atoms with Crippen molar-refractivity contribution in [3.8, 4) is 17.6 Å². The molecule has 0 bridgehead atoms. The van der Waals surface area contributed by atoms with E-state index in [4.69, 9.17) is 9.47 Å². The number of hydrogen-bond acceptors (Lipinski definition) is 7. The van der Waals surface area contributed by atoms with Crippen LogP contribution in [0, 0.1) is 11.3 Å². The summed E-state index contributed by atoms with van der Waals surface area (Å²) in [4.78, 5) is 2.92. The molecular formula is C21H30ClN3O3S. The highest BCUT2D eigenvalue weighted by molar-refractivity contribution is 8.03. The van der Waals surface area contributed by atoms with Gasteiger partial charge in [0.25, 0.3) is 0 Å². The van der Waals surface area contributed by atoms with Gasteiger partial charge >= 0.3 is 0 Å². The van der Waals surface area contributed by atoms with E-state index in [1.54, 1.807) is 14.2 Å². The number of aliphatic hydroxyl groups excluding tert-OH is 1. The summed E-state index contributed by atoms with van der Waals surface area (Å²) in [6.45, 7) is 3.56. The molecule has 0 radical (unpaired) electrons. The van der Waals surface area contributed by atoms with Gasteiger partial charge in [0.05, 0.1) is 26.0 Å². The van der Waals surface area contributed by atoms with E-state index in [1.807, 2.05) is 12.1 Å². The number of β-amino-alcohol motifs (C(OH)–C–C–N with tert-alkyl or cyclic N) is 1. The van der Waals surface area contributed by atoms with Crippen LogP contribution in [-0.2, 0) is 6.42 Å². The molecule has 0 aliphatic carbocycles. The number of piperidine rings is 1. The minimum Gasteiger partial charge on any atom is -0.493 e. The van der Waals surface area contributed by atoms with Crippen molar-refractivity contribution in [1.29, 1.82) is 5.26 Å².